The first kappa shape index (κ1) is 18.4. The normalized spacial score (nSPS) is 10.7. The predicted molar refractivity (Wildman–Crippen MR) is 101 cm³/mol. The summed E-state index contributed by atoms with van der Waals surface area (Å²) in [4.78, 5) is 38.1. The highest BCUT2D eigenvalue weighted by atomic mass is 16.5. The molecule has 0 saturated heterocycles. The molecule has 0 aliphatic carbocycles. The molecule has 2 aromatic carbocycles. The van der Waals surface area contributed by atoms with Gasteiger partial charge in [0.2, 0.25) is 0 Å². The zero-order valence-corrected chi connectivity index (χ0v) is 15.3. The summed E-state index contributed by atoms with van der Waals surface area (Å²) in [5.41, 5.74) is 2.06. The average Bonchev–Trinajstić information content (AvgIpc) is 2.92. The molecule has 0 N–H and O–H groups in total. The molecule has 0 bridgehead atoms. The molecule has 0 atom stereocenters. The molecule has 0 spiro atoms. The van der Waals surface area contributed by atoms with Crippen LogP contribution in [-0.2, 0) is 34.5 Å². The molecule has 1 aromatic heterocycles. The second-order valence-corrected chi connectivity index (χ2v) is 6.31. The number of hydrogen-bond donors (Lipinski definition) is 0. The topological polar surface area (TPSA) is 73.5 Å². The zero-order valence-electron chi connectivity index (χ0n) is 15.3. The van der Waals surface area contributed by atoms with E-state index in [9.17, 15) is 14.4 Å². The smallest absolute Gasteiger partial charge is 0.329 e. The van der Waals surface area contributed by atoms with Crippen LogP contribution in [0.15, 0.2) is 59.4 Å². The minimum Gasteiger partial charge on any atom is -0.454 e. The molecule has 7 heteroatoms. The van der Waals surface area contributed by atoms with Crippen molar-refractivity contribution in [3.8, 4) is 0 Å². The molecular weight excluding hydrogens is 346 g/mol. The minimum absolute atomic E-state index is 0.240. The Balaban J connectivity index is 1.59. The zero-order chi connectivity index (χ0) is 19.4. The Morgan fingerprint density at radius 2 is 1.63 bits per heavy atom. The van der Waals surface area contributed by atoms with E-state index in [1.165, 1.54) is 14.0 Å². The van der Waals surface area contributed by atoms with Crippen LogP contribution in [-0.4, -0.2) is 39.6 Å². The molecule has 1 amide bonds. The van der Waals surface area contributed by atoms with E-state index in [1.807, 2.05) is 36.4 Å². The number of carbonyl (C=O) groups excluding carboxylic acids is 2. The van der Waals surface area contributed by atoms with Gasteiger partial charge in [-0.15, -0.1) is 0 Å². The van der Waals surface area contributed by atoms with Crippen molar-refractivity contribution in [2.75, 3.05) is 13.7 Å². The Morgan fingerprint density at radius 1 is 1.00 bits per heavy atom. The number of ether oxygens (including phenoxy) is 1. The van der Waals surface area contributed by atoms with Crippen molar-refractivity contribution < 1.29 is 14.3 Å². The van der Waals surface area contributed by atoms with Crippen LogP contribution in [0.3, 0.4) is 0 Å². The summed E-state index contributed by atoms with van der Waals surface area (Å²) in [6.07, 6.45) is 0. The van der Waals surface area contributed by atoms with Gasteiger partial charge < -0.3 is 9.64 Å². The van der Waals surface area contributed by atoms with Crippen molar-refractivity contribution in [3.05, 3.63) is 70.6 Å². The number of aryl methyl sites for hydroxylation is 1. The van der Waals surface area contributed by atoms with Gasteiger partial charge >= 0.3 is 11.7 Å². The highest BCUT2D eigenvalue weighted by Gasteiger charge is 2.16. The van der Waals surface area contributed by atoms with E-state index in [0.29, 0.717) is 12.1 Å². The van der Waals surface area contributed by atoms with Crippen LogP contribution in [0, 0.1) is 0 Å². The number of imidazole rings is 1. The van der Waals surface area contributed by atoms with E-state index < -0.39 is 5.97 Å². The number of esters is 1. The number of hydrogen-bond acceptors (Lipinski definition) is 4. The first-order valence-corrected chi connectivity index (χ1v) is 8.55. The molecule has 0 aliphatic heterocycles. The number of benzene rings is 2. The number of rotatable bonds is 6. The Bertz CT molecular complexity index is 1020. The summed E-state index contributed by atoms with van der Waals surface area (Å²) in [6.45, 7) is -0.169. The Kier molecular flexibility index (Phi) is 5.40. The van der Waals surface area contributed by atoms with E-state index in [2.05, 4.69) is 0 Å². The van der Waals surface area contributed by atoms with Gasteiger partial charge in [0.05, 0.1) is 11.0 Å². The molecule has 3 aromatic rings. The second-order valence-electron chi connectivity index (χ2n) is 6.31. The lowest BCUT2D eigenvalue weighted by Gasteiger charge is -2.17. The maximum Gasteiger partial charge on any atom is 0.329 e. The van der Waals surface area contributed by atoms with E-state index in [0.717, 1.165) is 11.1 Å². The summed E-state index contributed by atoms with van der Waals surface area (Å²) in [5.74, 6) is -0.938. The molecule has 7 nitrogen and oxygen atoms in total. The standard InChI is InChI=1S/C20H21N3O4/c1-21(12-15-8-4-3-5-9-15)18(24)14-27-19(25)13-23-17-11-7-6-10-16(17)22(2)20(23)26/h3-11H,12-14H2,1-2H3. The Morgan fingerprint density at radius 3 is 2.33 bits per heavy atom. The molecule has 0 radical (unpaired) electrons. The second kappa shape index (κ2) is 7.90. The third-order valence-corrected chi connectivity index (χ3v) is 4.38. The highest BCUT2D eigenvalue weighted by molar-refractivity contribution is 5.82. The van der Waals surface area contributed by atoms with Crippen LogP contribution in [0.25, 0.3) is 11.0 Å². The van der Waals surface area contributed by atoms with Crippen LogP contribution in [0.4, 0.5) is 0 Å². The Hall–Kier alpha value is -3.35. The molecule has 0 aliphatic rings. The van der Waals surface area contributed by atoms with Crippen molar-refractivity contribution in [3.63, 3.8) is 0 Å². The van der Waals surface area contributed by atoms with Crippen molar-refractivity contribution in [2.24, 2.45) is 7.05 Å². The minimum atomic E-state index is -0.630. The van der Waals surface area contributed by atoms with E-state index in [1.54, 1.807) is 32.3 Å². The highest BCUT2D eigenvalue weighted by Crippen LogP contribution is 2.11. The molecule has 3 rings (SSSR count). The number of carbonyl (C=O) groups is 2. The molecular formula is C20H21N3O4. The van der Waals surface area contributed by atoms with Crippen LogP contribution in [0.2, 0.25) is 0 Å². The number of amides is 1. The average molecular weight is 367 g/mol. The van der Waals surface area contributed by atoms with Gasteiger partial charge in [0.25, 0.3) is 5.91 Å². The summed E-state index contributed by atoms with van der Waals surface area (Å²) < 4.78 is 7.90. The molecule has 1 heterocycles. The first-order chi connectivity index (χ1) is 13.0. The summed E-state index contributed by atoms with van der Waals surface area (Å²) >= 11 is 0. The lowest BCUT2D eigenvalue weighted by atomic mass is 10.2. The first-order valence-electron chi connectivity index (χ1n) is 8.55. The fraction of sp³-hybridized carbons (Fsp3) is 0.250. The van der Waals surface area contributed by atoms with Crippen molar-refractivity contribution in [2.45, 2.75) is 13.1 Å². The van der Waals surface area contributed by atoms with E-state index >= 15 is 0 Å². The lowest BCUT2D eigenvalue weighted by Crippen LogP contribution is -2.32. The molecule has 0 saturated carbocycles. The van der Waals surface area contributed by atoms with Gasteiger partial charge in [0.1, 0.15) is 6.54 Å². The van der Waals surface area contributed by atoms with Gasteiger partial charge in [0, 0.05) is 20.6 Å². The van der Waals surface area contributed by atoms with Gasteiger partial charge in [0.15, 0.2) is 6.61 Å². The fourth-order valence-corrected chi connectivity index (χ4v) is 2.89. The molecule has 0 fully saturated rings. The van der Waals surface area contributed by atoms with Gasteiger partial charge in [-0.2, -0.15) is 0 Å². The number of fused-ring (bicyclic) bond motifs is 1. The Labute approximate surface area is 156 Å². The van der Waals surface area contributed by atoms with Crippen LogP contribution < -0.4 is 5.69 Å². The number of likely N-dealkylation sites (N-methyl/N-ethyl adjacent to an activating group) is 1. The van der Waals surface area contributed by atoms with Gasteiger partial charge in [-0.25, -0.2) is 4.79 Å². The monoisotopic (exact) mass is 367 g/mol. The van der Waals surface area contributed by atoms with Crippen molar-refractivity contribution >= 4 is 22.9 Å². The maximum absolute atomic E-state index is 12.3. The van der Waals surface area contributed by atoms with Crippen LogP contribution >= 0.6 is 0 Å². The van der Waals surface area contributed by atoms with E-state index in [4.69, 9.17) is 4.74 Å². The quantitative estimate of drug-likeness (QED) is 0.620. The molecule has 27 heavy (non-hydrogen) atoms. The van der Waals surface area contributed by atoms with Crippen molar-refractivity contribution in [1.82, 2.24) is 14.0 Å². The number of aromatic nitrogens is 2. The predicted octanol–water partition coefficient (Wildman–Crippen LogP) is 1.54. The summed E-state index contributed by atoms with van der Waals surface area (Å²) in [6, 6.07) is 16.7. The SMILES string of the molecule is CN(Cc1ccccc1)C(=O)COC(=O)Cn1c(=O)n(C)c2ccccc21. The van der Waals surface area contributed by atoms with Crippen molar-refractivity contribution in [1.29, 1.82) is 0 Å². The van der Waals surface area contributed by atoms with Gasteiger partial charge in [-0.3, -0.25) is 18.7 Å². The third kappa shape index (κ3) is 4.08. The molecule has 140 valence electrons. The van der Waals surface area contributed by atoms with Gasteiger partial charge in [-0.1, -0.05) is 42.5 Å². The third-order valence-electron chi connectivity index (χ3n) is 4.38. The summed E-state index contributed by atoms with van der Waals surface area (Å²) in [7, 11) is 3.30. The van der Waals surface area contributed by atoms with Crippen LogP contribution in [0.5, 0.6) is 0 Å². The number of para-hydroxylation sites is 2. The fourth-order valence-electron chi connectivity index (χ4n) is 2.89. The largest absolute Gasteiger partial charge is 0.454 e. The van der Waals surface area contributed by atoms with Crippen LogP contribution in [0.1, 0.15) is 5.56 Å². The van der Waals surface area contributed by atoms with E-state index in [-0.39, 0.29) is 24.7 Å². The lowest BCUT2D eigenvalue weighted by molar-refractivity contribution is -0.152. The molecule has 0 unspecified atom stereocenters. The summed E-state index contributed by atoms with van der Waals surface area (Å²) in [5, 5.41) is 0. The van der Waals surface area contributed by atoms with Gasteiger partial charge in [-0.05, 0) is 17.7 Å². The maximum atomic E-state index is 12.3. The number of nitrogens with zero attached hydrogens (tertiary/aromatic N) is 3.